The van der Waals surface area contributed by atoms with Gasteiger partial charge in [0.25, 0.3) is 0 Å². The summed E-state index contributed by atoms with van der Waals surface area (Å²) in [6.45, 7) is 6.80. The first-order chi connectivity index (χ1) is 16.9. The third-order valence-corrected chi connectivity index (χ3v) is 6.96. The minimum Gasteiger partial charge on any atom is -0.373 e. The molecule has 1 saturated heterocycles. The number of nitrogens with two attached hydrogens (primary N) is 1. The van der Waals surface area contributed by atoms with Gasteiger partial charge >= 0.3 is 0 Å². The zero-order chi connectivity index (χ0) is 24.5. The van der Waals surface area contributed by atoms with Crippen LogP contribution >= 0.6 is 0 Å². The molecular formula is C27H31N7O. The third-order valence-electron chi connectivity index (χ3n) is 6.96. The van der Waals surface area contributed by atoms with Crippen LogP contribution in [0.3, 0.4) is 0 Å². The monoisotopic (exact) mass is 469 g/mol. The van der Waals surface area contributed by atoms with Gasteiger partial charge < -0.3 is 20.5 Å². The molecule has 0 aliphatic carbocycles. The van der Waals surface area contributed by atoms with Gasteiger partial charge in [0, 0.05) is 87.1 Å². The average molecular weight is 470 g/mol. The van der Waals surface area contributed by atoms with E-state index in [1.807, 2.05) is 31.6 Å². The molecule has 5 rings (SSSR count). The van der Waals surface area contributed by atoms with E-state index in [4.69, 9.17) is 5.73 Å². The molecule has 180 valence electrons. The Morgan fingerprint density at radius 1 is 1.03 bits per heavy atom. The highest BCUT2D eigenvalue weighted by Gasteiger charge is 2.20. The van der Waals surface area contributed by atoms with Crippen molar-refractivity contribution in [2.45, 2.75) is 13.5 Å². The van der Waals surface area contributed by atoms with Gasteiger partial charge in [-0.25, -0.2) is 9.97 Å². The summed E-state index contributed by atoms with van der Waals surface area (Å²) in [6, 6.07) is 14.0. The lowest BCUT2D eigenvalue weighted by atomic mass is 10.0. The molecule has 8 heteroatoms. The maximum Gasteiger partial charge on any atom is 0.248 e. The van der Waals surface area contributed by atoms with E-state index in [9.17, 15) is 4.79 Å². The number of fused-ring (bicyclic) bond motifs is 1. The van der Waals surface area contributed by atoms with Gasteiger partial charge in [-0.3, -0.25) is 9.69 Å². The minimum absolute atomic E-state index is 0.393. The molecule has 0 spiro atoms. The van der Waals surface area contributed by atoms with Gasteiger partial charge in [0.1, 0.15) is 11.5 Å². The van der Waals surface area contributed by atoms with Crippen molar-refractivity contribution in [2.75, 3.05) is 43.4 Å². The van der Waals surface area contributed by atoms with E-state index in [1.54, 1.807) is 12.1 Å². The Bertz CT molecular complexity index is 1370. The molecule has 0 bridgehead atoms. The summed E-state index contributed by atoms with van der Waals surface area (Å²) in [5.74, 6) is 0.476. The van der Waals surface area contributed by atoms with Gasteiger partial charge in [0.15, 0.2) is 0 Å². The van der Waals surface area contributed by atoms with Crippen molar-refractivity contribution in [1.29, 1.82) is 0 Å². The molecule has 0 radical (unpaired) electrons. The molecule has 0 atom stereocenters. The quantitative estimate of drug-likeness (QED) is 0.450. The Hall–Kier alpha value is -3.91. The van der Waals surface area contributed by atoms with Crippen LogP contribution in [0.4, 0.5) is 11.5 Å². The predicted molar refractivity (Wildman–Crippen MR) is 141 cm³/mol. The number of aryl methyl sites for hydroxylation is 2. The van der Waals surface area contributed by atoms with Crippen LogP contribution in [0.25, 0.3) is 22.2 Å². The van der Waals surface area contributed by atoms with Crippen LogP contribution < -0.4 is 16.0 Å². The zero-order valence-electron chi connectivity index (χ0n) is 20.5. The summed E-state index contributed by atoms with van der Waals surface area (Å²) in [7, 11) is 3.98. The Morgan fingerprint density at radius 3 is 2.43 bits per heavy atom. The SMILES string of the molecule is CNc1cc(C)c(-c2ccnc3c2cc(CN2CCN(c4ccc(C(N)=O)cc4)CC2)n3C)cn1. The van der Waals surface area contributed by atoms with Crippen LogP contribution in [0.2, 0.25) is 0 Å². The van der Waals surface area contributed by atoms with Gasteiger partial charge in [0.05, 0.1) is 0 Å². The minimum atomic E-state index is -0.393. The normalized spacial score (nSPS) is 14.4. The number of hydrogen-bond acceptors (Lipinski definition) is 6. The van der Waals surface area contributed by atoms with Crippen molar-refractivity contribution in [1.82, 2.24) is 19.4 Å². The van der Waals surface area contributed by atoms with Crippen LogP contribution in [0.1, 0.15) is 21.6 Å². The highest BCUT2D eigenvalue weighted by Crippen LogP contribution is 2.32. The standard InChI is InChI=1S/C27H31N7O/c1-18-14-25(29-2)31-16-24(18)22-8-9-30-27-23(22)15-21(32(27)3)17-33-10-12-34(13-11-33)20-6-4-19(5-7-20)26(28)35/h4-9,14-16H,10-13,17H2,1-3H3,(H2,28,35)(H,29,31). The molecule has 1 amide bonds. The molecule has 4 aromatic rings. The Balaban J connectivity index is 1.33. The predicted octanol–water partition coefficient (Wildman–Crippen LogP) is 3.41. The van der Waals surface area contributed by atoms with Crippen LogP contribution in [0.15, 0.2) is 54.9 Å². The van der Waals surface area contributed by atoms with Gasteiger partial charge in [-0.1, -0.05) is 0 Å². The summed E-state index contributed by atoms with van der Waals surface area (Å²) < 4.78 is 2.21. The second-order valence-corrected chi connectivity index (χ2v) is 9.10. The number of hydrogen-bond donors (Lipinski definition) is 2. The molecule has 4 heterocycles. The fourth-order valence-electron chi connectivity index (χ4n) is 4.86. The number of primary amides is 1. The maximum absolute atomic E-state index is 11.3. The first-order valence-corrected chi connectivity index (χ1v) is 11.9. The second-order valence-electron chi connectivity index (χ2n) is 9.10. The molecule has 3 aromatic heterocycles. The van der Waals surface area contributed by atoms with Crippen molar-refractivity contribution in [3.63, 3.8) is 0 Å². The van der Waals surface area contributed by atoms with E-state index in [0.29, 0.717) is 5.56 Å². The van der Waals surface area contributed by atoms with Crippen molar-refractivity contribution in [2.24, 2.45) is 12.8 Å². The fourth-order valence-corrected chi connectivity index (χ4v) is 4.86. The topological polar surface area (TPSA) is 92.3 Å². The number of amides is 1. The maximum atomic E-state index is 11.3. The molecule has 1 aromatic carbocycles. The number of aromatic nitrogens is 3. The van der Waals surface area contributed by atoms with Crippen molar-refractivity contribution < 1.29 is 4.79 Å². The lowest BCUT2D eigenvalue weighted by molar-refractivity contribution is 0.100. The van der Waals surface area contributed by atoms with Gasteiger partial charge in [0.2, 0.25) is 5.91 Å². The van der Waals surface area contributed by atoms with Crippen LogP contribution in [-0.4, -0.2) is 58.6 Å². The molecule has 0 unspecified atom stereocenters. The number of carbonyl (C=O) groups is 1. The van der Waals surface area contributed by atoms with Crippen molar-refractivity contribution >= 4 is 28.4 Å². The smallest absolute Gasteiger partial charge is 0.248 e. The van der Waals surface area contributed by atoms with E-state index in [0.717, 1.165) is 66.4 Å². The highest BCUT2D eigenvalue weighted by atomic mass is 16.1. The lowest BCUT2D eigenvalue weighted by Crippen LogP contribution is -2.46. The van der Waals surface area contributed by atoms with Crippen molar-refractivity contribution in [3.05, 3.63) is 71.7 Å². The Morgan fingerprint density at radius 2 is 1.77 bits per heavy atom. The number of carbonyl (C=O) groups excluding carboxylic acids is 1. The first kappa shape index (κ1) is 22.9. The molecular weight excluding hydrogens is 438 g/mol. The molecule has 0 saturated carbocycles. The number of nitrogens with zero attached hydrogens (tertiary/aromatic N) is 5. The molecule has 3 N–H and O–H groups in total. The summed E-state index contributed by atoms with van der Waals surface area (Å²) in [5.41, 5.74) is 12.7. The molecule has 8 nitrogen and oxygen atoms in total. The highest BCUT2D eigenvalue weighted by molar-refractivity contribution is 5.95. The van der Waals surface area contributed by atoms with E-state index < -0.39 is 5.91 Å². The average Bonchev–Trinajstić information content (AvgIpc) is 3.20. The molecule has 35 heavy (non-hydrogen) atoms. The van der Waals surface area contributed by atoms with Crippen molar-refractivity contribution in [3.8, 4) is 11.1 Å². The number of rotatable bonds is 6. The lowest BCUT2D eigenvalue weighted by Gasteiger charge is -2.36. The number of anilines is 2. The largest absolute Gasteiger partial charge is 0.373 e. The summed E-state index contributed by atoms with van der Waals surface area (Å²) in [6.07, 6.45) is 3.83. The molecule has 1 aliphatic heterocycles. The second kappa shape index (κ2) is 9.38. The van der Waals surface area contributed by atoms with E-state index >= 15 is 0 Å². The van der Waals surface area contributed by atoms with Crippen LogP contribution in [-0.2, 0) is 13.6 Å². The number of nitrogens with one attached hydrogen (secondary N) is 1. The summed E-state index contributed by atoms with van der Waals surface area (Å²) in [4.78, 5) is 25.4. The van der Waals surface area contributed by atoms with Crippen LogP contribution in [0, 0.1) is 6.92 Å². The van der Waals surface area contributed by atoms with E-state index in [1.165, 1.54) is 11.3 Å². The first-order valence-electron chi connectivity index (χ1n) is 11.9. The molecule has 1 fully saturated rings. The number of pyridine rings is 2. The van der Waals surface area contributed by atoms with Gasteiger partial charge in [-0.05, 0) is 60.5 Å². The number of benzene rings is 1. The Labute approximate surface area is 205 Å². The van der Waals surface area contributed by atoms with E-state index in [2.05, 4.69) is 61.8 Å². The van der Waals surface area contributed by atoms with Gasteiger partial charge in [-0.15, -0.1) is 0 Å². The Kier molecular flexibility index (Phi) is 6.13. The van der Waals surface area contributed by atoms with E-state index in [-0.39, 0.29) is 0 Å². The molecule has 1 aliphatic rings. The third kappa shape index (κ3) is 4.44. The zero-order valence-corrected chi connectivity index (χ0v) is 20.5. The summed E-state index contributed by atoms with van der Waals surface area (Å²) >= 11 is 0. The number of piperazine rings is 1. The fraction of sp³-hybridized carbons (Fsp3) is 0.296. The summed E-state index contributed by atoms with van der Waals surface area (Å²) in [5, 5.41) is 4.26. The van der Waals surface area contributed by atoms with Crippen LogP contribution in [0.5, 0.6) is 0 Å². The van der Waals surface area contributed by atoms with Gasteiger partial charge in [-0.2, -0.15) is 0 Å².